The van der Waals surface area contributed by atoms with Crippen molar-refractivity contribution >= 4 is 28.9 Å². The number of methoxy groups -OCH3 is 1. The predicted molar refractivity (Wildman–Crippen MR) is 126 cm³/mol. The Morgan fingerprint density at radius 3 is 2.31 bits per heavy atom. The second kappa shape index (κ2) is 10.5. The number of nitrogens with zero attached hydrogens (tertiary/aromatic N) is 3. The summed E-state index contributed by atoms with van der Waals surface area (Å²) in [5, 5.41) is 9.77. The van der Waals surface area contributed by atoms with Crippen LogP contribution in [0.4, 0.5) is 17.1 Å². The molecule has 2 amide bonds. The Morgan fingerprint density at radius 1 is 1.03 bits per heavy atom. The van der Waals surface area contributed by atoms with E-state index in [1.54, 1.807) is 37.6 Å². The van der Waals surface area contributed by atoms with Gasteiger partial charge in [-0.2, -0.15) is 5.10 Å². The van der Waals surface area contributed by atoms with E-state index in [4.69, 9.17) is 4.74 Å². The molecule has 1 heterocycles. The predicted octanol–water partition coefficient (Wildman–Crippen LogP) is 4.02. The smallest absolute Gasteiger partial charge is 0.255 e. The SMILES string of the molecule is CCN(c1ccc(C(=O)Nc2cnn(CC(=O)Nc3ccc(OC)cc3)c2)cc1)C(C)C. The van der Waals surface area contributed by atoms with E-state index in [2.05, 4.69) is 41.4 Å². The summed E-state index contributed by atoms with van der Waals surface area (Å²) in [5.74, 6) is 0.261. The molecule has 0 aliphatic heterocycles. The first-order chi connectivity index (χ1) is 15.4. The van der Waals surface area contributed by atoms with Crippen LogP contribution < -0.4 is 20.3 Å². The van der Waals surface area contributed by atoms with E-state index >= 15 is 0 Å². The molecule has 8 nitrogen and oxygen atoms in total. The zero-order valence-corrected chi connectivity index (χ0v) is 18.8. The van der Waals surface area contributed by atoms with E-state index in [9.17, 15) is 9.59 Å². The molecular formula is C24H29N5O3. The maximum Gasteiger partial charge on any atom is 0.255 e. The van der Waals surface area contributed by atoms with E-state index in [1.807, 2.05) is 24.3 Å². The van der Waals surface area contributed by atoms with Gasteiger partial charge in [-0.05, 0) is 69.3 Å². The molecule has 0 bridgehead atoms. The minimum absolute atomic E-state index is 0.0264. The molecule has 0 atom stereocenters. The van der Waals surface area contributed by atoms with Crippen molar-refractivity contribution in [1.82, 2.24) is 9.78 Å². The highest BCUT2D eigenvalue weighted by molar-refractivity contribution is 6.04. The van der Waals surface area contributed by atoms with Crippen molar-refractivity contribution in [3.8, 4) is 5.75 Å². The van der Waals surface area contributed by atoms with Crippen molar-refractivity contribution < 1.29 is 14.3 Å². The van der Waals surface area contributed by atoms with Crippen LogP contribution in [0.15, 0.2) is 60.9 Å². The van der Waals surface area contributed by atoms with Gasteiger partial charge < -0.3 is 20.3 Å². The van der Waals surface area contributed by atoms with Gasteiger partial charge in [0, 0.05) is 35.7 Å². The summed E-state index contributed by atoms with van der Waals surface area (Å²) in [6, 6.07) is 15.0. The van der Waals surface area contributed by atoms with Crippen LogP contribution in [-0.2, 0) is 11.3 Å². The van der Waals surface area contributed by atoms with E-state index in [-0.39, 0.29) is 18.4 Å². The lowest BCUT2D eigenvalue weighted by Gasteiger charge is -2.27. The van der Waals surface area contributed by atoms with Gasteiger partial charge in [0.25, 0.3) is 5.91 Å². The molecule has 3 rings (SSSR count). The molecule has 0 fully saturated rings. The van der Waals surface area contributed by atoms with Crippen LogP contribution >= 0.6 is 0 Å². The van der Waals surface area contributed by atoms with Gasteiger partial charge in [-0.3, -0.25) is 14.3 Å². The number of ether oxygens (including phenoxy) is 1. The Hall–Kier alpha value is -3.81. The lowest BCUT2D eigenvalue weighted by molar-refractivity contribution is -0.116. The maximum absolute atomic E-state index is 12.6. The van der Waals surface area contributed by atoms with Crippen molar-refractivity contribution in [2.45, 2.75) is 33.4 Å². The molecule has 2 N–H and O–H groups in total. The second-order valence-corrected chi connectivity index (χ2v) is 7.58. The zero-order valence-electron chi connectivity index (χ0n) is 18.8. The first-order valence-corrected chi connectivity index (χ1v) is 10.5. The van der Waals surface area contributed by atoms with Gasteiger partial charge >= 0.3 is 0 Å². The number of rotatable bonds is 9. The Morgan fingerprint density at radius 2 is 1.72 bits per heavy atom. The Kier molecular flexibility index (Phi) is 7.49. The van der Waals surface area contributed by atoms with Crippen LogP contribution in [0.5, 0.6) is 5.75 Å². The molecule has 168 valence electrons. The van der Waals surface area contributed by atoms with Crippen molar-refractivity contribution in [2.75, 3.05) is 29.2 Å². The summed E-state index contributed by atoms with van der Waals surface area (Å²) in [6.07, 6.45) is 3.14. The Bertz CT molecular complexity index is 1040. The third-order valence-corrected chi connectivity index (χ3v) is 5.00. The van der Waals surface area contributed by atoms with Gasteiger partial charge in [0.2, 0.25) is 5.91 Å². The van der Waals surface area contributed by atoms with Crippen LogP contribution in [0.25, 0.3) is 0 Å². The highest BCUT2D eigenvalue weighted by Gasteiger charge is 2.12. The molecule has 0 aliphatic rings. The molecule has 32 heavy (non-hydrogen) atoms. The first kappa shape index (κ1) is 22.9. The minimum atomic E-state index is -0.230. The third-order valence-electron chi connectivity index (χ3n) is 5.00. The Balaban J connectivity index is 1.56. The quantitative estimate of drug-likeness (QED) is 0.530. The molecule has 2 aromatic carbocycles. The van der Waals surface area contributed by atoms with Crippen LogP contribution in [0, 0.1) is 0 Å². The lowest BCUT2D eigenvalue weighted by atomic mass is 10.1. The highest BCUT2D eigenvalue weighted by Crippen LogP contribution is 2.19. The number of amides is 2. The van der Waals surface area contributed by atoms with Crippen LogP contribution in [0.2, 0.25) is 0 Å². The fraction of sp³-hybridized carbons (Fsp3) is 0.292. The first-order valence-electron chi connectivity index (χ1n) is 10.5. The molecule has 1 aromatic heterocycles. The summed E-state index contributed by atoms with van der Waals surface area (Å²) < 4.78 is 6.57. The van der Waals surface area contributed by atoms with E-state index in [0.717, 1.165) is 12.2 Å². The minimum Gasteiger partial charge on any atom is -0.497 e. The number of hydrogen-bond acceptors (Lipinski definition) is 5. The number of anilines is 3. The summed E-state index contributed by atoms with van der Waals surface area (Å²) in [4.78, 5) is 27.1. The topological polar surface area (TPSA) is 88.5 Å². The van der Waals surface area contributed by atoms with Crippen molar-refractivity contribution in [3.05, 3.63) is 66.5 Å². The Labute approximate surface area is 188 Å². The number of hydrogen-bond donors (Lipinski definition) is 2. The summed E-state index contributed by atoms with van der Waals surface area (Å²) in [6.45, 7) is 7.31. The summed E-state index contributed by atoms with van der Waals surface area (Å²) in [7, 11) is 1.59. The third kappa shape index (κ3) is 5.87. The number of carbonyl (C=O) groups excluding carboxylic acids is 2. The number of benzene rings is 2. The monoisotopic (exact) mass is 435 g/mol. The molecule has 0 radical (unpaired) electrons. The summed E-state index contributed by atoms with van der Waals surface area (Å²) >= 11 is 0. The highest BCUT2D eigenvalue weighted by atomic mass is 16.5. The summed E-state index contributed by atoms with van der Waals surface area (Å²) in [5.41, 5.74) is 2.82. The van der Waals surface area contributed by atoms with Gasteiger partial charge in [0.05, 0.1) is 19.0 Å². The molecule has 0 aliphatic carbocycles. The van der Waals surface area contributed by atoms with Gasteiger partial charge in [0.1, 0.15) is 12.3 Å². The van der Waals surface area contributed by atoms with E-state index < -0.39 is 0 Å². The average molecular weight is 436 g/mol. The van der Waals surface area contributed by atoms with E-state index in [1.165, 1.54) is 10.9 Å². The zero-order chi connectivity index (χ0) is 23.1. The maximum atomic E-state index is 12.6. The molecule has 0 saturated carbocycles. The number of aromatic nitrogens is 2. The standard InChI is InChI=1S/C24H29N5O3/c1-5-29(17(2)3)21-10-6-18(7-11-21)24(31)27-20-14-25-28(15-20)16-23(30)26-19-8-12-22(32-4)13-9-19/h6-15,17H,5,16H2,1-4H3,(H,26,30)(H,27,31). The fourth-order valence-electron chi connectivity index (χ4n) is 3.39. The molecule has 0 saturated heterocycles. The second-order valence-electron chi connectivity index (χ2n) is 7.58. The molecule has 3 aromatic rings. The van der Waals surface area contributed by atoms with Gasteiger partial charge in [0.15, 0.2) is 0 Å². The van der Waals surface area contributed by atoms with Crippen molar-refractivity contribution in [3.63, 3.8) is 0 Å². The largest absolute Gasteiger partial charge is 0.497 e. The van der Waals surface area contributed by atoms with Crippen LogP contribution in [0.3, 0.4) is 0 Å². The normalized spacial score (nSPS) is 10.7. The van der Waals surface area contributed by atoms with Crippen LogP contribution in [0.1, 0.15) is 31.1 Å². The molecule has 0 spiro atoms. The van der Waals surface area contributed by atoms with Crippen molar-refractivity contribution in [2.24, 2.45) is 0 Å². The molecular weight excluding hydrogens is 406 g/mol. The van der Waals surface area contributed by atoms with Gasteiger partial charge in [-0.1, -0.05) is 0 Å². The molecule has 0 unspecified atom stereocenters. The number of nitrogens with one attached hydrogen (secondary N) is 2. The van der Waals surface area contributed by atoms with Gasteiger partial charge in [-0.15, -0.1) is 0 Å². The van der Waals surface area contributed by atoms with Crippen LogP contribution in [-0.4, -0.2) is 41.3 Å². The van der Waals surface area contributed by atoms with E-state index in [0.29, 0.717) is 28.7 Å². The fourth-order valence-corrected chi connectivity index (χ4v) is 3.39. The van der Waals surface area contributed by atoms with Gasteiger partial charge in [-0.25, -0.2) is 0 Å². The average Bonchev–Trinajstić information content (AvgIpc) is 3.21. The lowest BCUT2D eigenvalue weighted by Crippen LogP contribution is -2.30. The molecule has 8 heteroatoms. The number of carbonyl (C=O) groups is 2. The van der Waals surface area contributed by atoms with Crippen molar-refractivity contribution in [1.29, 1.82) is 0 Å².